The molecule has 0 N–H and O–H groups in total. The summed E-state index contributed by atoms with van der Waals surface area (Å²) >= 11 is 0. The summed E-state index contributed by atoms with van der Waals surface area (Å²) in [6.45, 7) is 4.76. The summed E-state index contributed by atoms with van der Waals surface area (Å²) < 4.78 is 20.3. The molecular weight excluding hydrogens is 323 g/mol. The van der Waals surface area contributed by atoms with E-state index in [0.717, 1.165) is 17.6 Å². The number of hydrogen-bond acceptors (Lipinski definition) is 1. The number of unbranched alkanes of at least 4 members (excludes halogenated alkanes) is 3. The van der Waals surface area contributed by atoms with Gasteiger partial charge in [-0.1, -0.05) is 83.4 Å². The van der Waals surface area contributed by atoms with E-state index in [1.165, 1.54) is 64.2 Å². The van der Waals surface area contributed by atoms with Crippen LogP contribution in [0, 0.1) is 17.8 Å². The maximum absolute atomic E-state index is 14.7. The highest BCUT2D eigenvalue weighted by Gasteiger charge is 2.28. The standard InChI is InChI=1S/C24H39FO/c1-3-5-6-8-11-22(21-16-14-20(4-2)15-17-21)18-23(25)19-26-24-12-9-7-10-13-24/h7,9-10,12-13,20-23H,3-6,8,11,14-19H2,1-2H3/t20-,21-,22?,23?. The van der Waals surface area contributed by atoms with Crippen LogP contribution in [0.5, 0.6) is 5.75 Å². The Bertz CT molecular complexity index is 453. The van der Waals surface area contributed by atoms with Gasteiger partial charge in [0.15, 0.2) is 0 Å². The third-order valence-electron chi connectivity index (χ3n) is 6.30. The summed E-state index contributed by atoms with van der Waals surface area (Å²) in [6, 6.07) is 9.64. The molecule has 2 rings (SSSR count). The van der Waals surface area contributed by atoms with Crippen LogP contribution < -0.4 is 4.74 Å². The molecule has 1 aliphatic carbocycles. The maximum Gasteiger partial charge on any atom is 0.134 e. The minimum atomic E-state index is -0.852. The van der Waals surface area contributed by atoms with Crippen molar-refractivity contribution in [3.05, 3.63) is 30.3 Å². The summed E-state index contributed by atoms with van der Waals surface area (Å²) in [6.07, 6.45) is 12.8. The fourth-order valence-electron chi connectivity index (χ4n) is 4.55. The lowest BCUT2D eigenvalue weighted by Crippen LogP contribution is -2.26. The van der Waals surface area contributed by atoms with Crippen molar-refractivity contribution in [1.29, 1.82) is 0 Å². The molecule has 1 aliphatic rings. The summed E-state index contributed by atoms with van der Waals surface area (Å²) in [4.78, 5) is 0. The van der Waals surface area contributed by atoms with E-state index < -0.39 is 6.17 Å². The quantitative estimate of drug-likeness (QED) is 0.348. The topological polar surface area (TPSA) is 9.23 Å². The van der Waals surface area contributed by atoms with E-state index in [1.54, 1.807) is 0 Å². The molecular formula is C24H39FO. The number of alkyl halides is 1. The van der Waals surface area contributed by atoms with Crippen molar-refractivity contribution >= 4 is 0 Å². The molecule has 0 radical (unpaired) electrons. The van der Waals surface area contributed by atoms with E-state index in [9.17, 15) is 4.39 Å². The molecule has 0 amide bonds. The molecule has 1 aromatic rings. The van der Waals surface area contributed by atoms with Crippen LogP contribution in [0.4, 0.5) is 4.39 Å². The van der Waals surface area contributed by atoms with Gasteiger partial charge in [-0.2, -0.15) is 0 Å². The first-order chi connectivity index (χ1) is 12.7. The fourth-order valence-corrected chi connectivity index (χ4v) is 4.55. The highest BCUT2D eigenvalue weighted by atomic mass is 19.1. The van der Waals surface area contributed by atoms with Gasteiger partial charge in [0.1, 0.15) is 18.5 Å². The van der Waals surface area contributed by atoms with E-state index in [4.69, 9.17) is 4.74 Å². The van der Waals surface area contributed by atoms with Crippen LogP contribution in [0.3, 0.4) is 0 Å². The van der Waals surface area contributed by atoms with Gasteiger partial charge < -0.3 is 4.74 Å². The number of benzene rings is 1. The Morgan fingerprint density at radius 3 is 2.38 bits per heavy atom. The molecule has 1 saturated carbocycles. The Hall–Kier alpha value is -1.05. The molecule has 0 bridgehead atoms. The van der Waals surface area contributed by atoms with Gasteiger partial charge in [0.25, 0.3) is 0 Å². The van der Waals surface area contributed by atoms with Crippen LogP contribution in [0.15, 0.2) is 30.3 Å². The van der Waals surface area contributed by atoms with Gasteiger partial charge >= 0.3 is 0 Å². The molecule has 0 aromatic heterocycles. The number of halogens is 1. The van der Waals surface area contributed by atoms with Crippen molar-refractivity contribution in [3.8, 4) is 5.75 Å². The zero-order chi connectivity index (χ0) is 18.6. The molecule has 2 atom stereocenters. The van der Waals surface area contributed by atoms with E-state index in [2.05, 4.69) is 13.8 Å². The van der Waals surface area contributed by atoms with Crippen molar-refractivity contribution in [2.45, 2.75) is 90.6 Å². The van der Waals surface area contributed by atoms with E-state index in [-0.39, 0.29) is 6.61 Å². The first-order valence-electron chi connectivity index (χ1n) is 11.0. The summed E-state index contributed by atoms with van der Waals surface area (Å²) in [7, 11) is 0. The first-order valence-corrected chi connectivity index (χ1v) is 11.0. The summed E-state index contributed by atoms with van der Waals surface area (Å²) in [5.41, 5.74) is 0. The number of hydrogen-bond donors (Lipinski definition) is 0. The predicted molar refractivity (Wildman–Crippen MR) is 109 cm³/mol. The van der Waals surface area contributed by atoms with E-state index >= 15 is 0 Å². The number of rotatable bonds is 12. The molecule has 26 heavy (non-hydrogen) atoms. The number of para-hydroxylation sites is 1. The van der Waals surface area contributed by atoms with Gasteiger partial charge in [0.2, 0.25) is 0 Å². The largest absolute Gasteiger partial charge is 0.491 e. The zero-order valence-corrected chi connectivity index (χ0v) is 17.0. The van der Waals surface area contributed by atoms with Crippen LogP contribution in [0.1, 0.15) is 84.5 Å². The Labute approximate surface area is 160 Å². The molecule has 0 aliphatic heterocycles. The van der Waals surface area contributed by atoms with Crippen LogP contribution in [0.2, 0.25) is 0 Å². The van der Waals surface area contributed by atoms with Gasteiger partial charge in [-0.25, -0.2) is 4.39 Å². The highest BCUT2D eigenvalue weighted by molar-refractivity contribution is 5.20. The molecule has 1 nitrogen and oxygen atoms in total. The lowest BCUT2D eigenvalue weighted by atomic mass is 9.72. The Morgan fingerprint density at radius 1 is 1.00 bits per heavy atom. The van der Waals surface area contributed by atoms with Crippen LogP contribution in [-0.2, 0) is 0 Å². The predicted octanol–water partition coefficient (Wildman–Crippen LogP) is 7.60. The third-order valence-corrected chi connectivity index (χ3v) is 6.30. The SMILES string of the molecule is CCCCCCC(CC(F)COc1ccccc1)[C@H]1CC[C@H](CC)CC1. The second kappa shape index (κ2) is 12.4. The Kier molecular flexibility index (Phi) is 10.1. The molecule has 148 valence electrons. The first kappa shape index (κ1) is 21.3. The van der Waals surface area contributed by atoms with Gasteiger partial charge in [-0.3, -0.25) is 0 Å². The average Bonchev–Trinajstić information content (AvgIpc) is 2.69. The molecule has 0 saturated heterocycles. The lowest BCUT2D eigenvalue weighted by molar-refractivity contribution is 0.119. The molecule has 0 heterocycles. The van der Waals surface area contributed by atoms with Gasteiger partial charge in [-0.05, 0) is 49.1 Å². The van der Waals surface area contributed by atoms with Gasteiger partial charge in [-0.15, -0.1) is 0 Å². The normalized spacial score (nSPS) is 22.7. The second-order valence-corrected chi connectivity index (χ2v) is 8.26. The van der Waals surface area contributed by atoms with Crippen molar-refractivity contribution in [1.82, 2.24) is 0 Å². The highest BCUT2D eigenvalue weighted by Crippen LogP contribution is 2.39. The Balaban J connectivity index is 1.81. The molecule has 1 fully saturated rings. The minimum absolute atomic E-state index is 0.194. The van der Waals surface area contributed by atoms with Crippen molar-refractivity contribution in [2.24, 2.45) is 17.8 Å². The molecule has 2 heteroatoms. The van der Waals surface area contributed by atoms with Crippen molar-refractivity contribution in [3.63, 3.8) is 0 Å². The minimum Gasteiger partial charge on any atom is -0.491 e. The summed E-state index contributed by atoms with van der Waals surface area (Å²) in [5, 5.41) is 0. The van der Waals surface area contributed by atoms with Crippen molar-refractivity contribution < 1.29 is 9.13 Å². The van der Waals surface area contributed by atoms with Crippen LogP contribution >= 0.6 is 0 Å². The fraction of sp³-hybridized carbons (Fsp3) is 0.750. The Morgan fingerprint density at radius 2 is 1.73 bits per heavy atom. The third kappa shape index (κ3) is 7.68. The smallest absolute Gasteiger partial charge is 0.134 e. The van der Waals surface area contributed by atoms with E-state index in [1.807, 2.05) is 30.3 Å². The zero-order valence-electron chi connectivity index (χ0n) is 17.0. The maximum atomic E-state index is 14.7. The molecule has 2 unspecified atom stereocenters. The summed E-state index contributed by atoms with van der Waals surface area (Å²) in [5.74, 6) is 2.96. The van der Waals surface area contributed by atoms with Gasteiger partial charge in [0.05, 0.1) is 0 Å². The van der Waals surface area contributed by atoms with Gasteiger partial charge in [0, 0.05) is 0 Å². The van der Waals surface area contributed by atoms with Crippen LogP contribution in [-0.4, -0.2) is 12.8 Å². The van der Waals surface area contributed by atoms with E-state index in [0.29, 0.717) is 12.3 Å². The average molecular weight is 363 g/mol. The van der Waals surface area contributed by atoms with Crippen molar-refractivity contribution in [2.75, 3.05) is 6.61 Å². The lowest BCUT2D eigenvalue weighted by Gasteiger charge is -2.34. The second-order valence-electron chi connectivity index (χ2n) is 8.26. The molecule has 1 aromatic carbocycles. The monoisotopic (exact) mass is 362 g/mol. The molecule has 0 spiro atoms. The number of ether oxygens (including phenoxy) is 1. The van der Waals surface area contributed by atoms with Crippen LogP contribution in [0.25, 0.3) is 0 Å².